The summed E-state index contributed by atoms with van der Waals surface area (Å²) in [5.41, 5.74) is 7.01. The molecule has 0 saturated carbocycles. The van der Waals surface area contributed by atoms with Crippen molar-refractivity contribution in [3.8, 4) is 5.75 Å². The molecule has 1 aromatic carbocycles. The van der Waals surface area contributed by atoms with Crippen molar-refractivity contribution in [2.75, 3.05) is 47.4 Å². The van der Waals surface area contributed by atoms with Crippen molar-refractivity contribution < 1.29 is 9.13 Å². The third-order valence-corrected chi connectivity index (χ3v) is 4.17. The number of likely N-dealkylation sites (N-methyl/N-ethyl adjacent to an activating group) is 1. The van der Waals surface area contributed by atoms with Crippen molar-refractivity contribution in [2.24, 2.45) is 11.7 Å². The summed E-state index contributed by atoms with van der Waals surface area (Å²) in [5, 5.41) is 0. The molecule has 4 nitrogen and oxygen atoms in total. The van der Waals surface area contributed by atoms with E-state index in [1.165, 1.54) is 26.1 Å². The van der Waals surface area contributed by atoms with Gasteiger partial charge in [0.15, 0.2) is 11.6 Å². The first kappa shape index (κ1) is 16.2. The summed E-state index contributed by atoms with van der Waals surface area (Å²) >= 11 is 0. The molecule has 0 bridgehead atoms. The number of hydrogen-bond acceptors (Lipinski definition) is 4. The normalized spacial score (nSPS) is 21.0. The van der Waals surface area contributed by atoms with Crippen molar-refractivity contribution in [2.45, 2.75) is 12.5 Å². The van der Waals surface area contributed by atoms with E-state index in [-0.39, 0.29) is 17.6 Å². The Hall–Kier alpha value is -1.17. The second-order valence-corrected chi connectivity index (χ2v) is 6.14. The lowest BCUT2D eigenvalue weighted by atomic mass is 10.1. The van der Waals surface area contributed by atoms with Gasteiger partial charge in [-0.25, -0.2) is 4.39 Å². The number of ether oxygens (including phenoxy) is 1. The van der Waals surface area contributed by atoms with E-state index in [1.807, 2.05) is 6.07 Å². The van der Waals surface area contributed by atoms with Gasteiger partial charge in [-0.15, -0.1) is 0 Å². The smallest absolute Gasteiger partial charge is 0.165 e. The molecule has 2 rings (SSSR count). The van der Waals surface area contributed by atoms with Crippen LogP contribution in [0.25, 0.3) is 0 Å². The van der Waals surface area contributed by atoms with Crippen molar-refractivity contribution in [3.05, 3.63) is 29.6 Å². The highest BCUT2D eigenvalue weighted by Crippen LogP contribution is 2.22. The average Bonchev–Trinajstić information content (AvgIpc) is 2.83. The molecule has 0 aliphatic carbocycles. The van der Waals surface area contributed by atoms with Gasteiger partial charge in [-0.3, -0.25) is 0 Å². The monoisotopic (exact) mass is 295 g/mol. The summed E-state index contributed by atoms with van der Waals surface area (Å²) in [6.07, 6.45) is 1.24. The molecule has 1 saturated heterocycles. The highest BCUT2D eigenvalue weighted by Gasteiger charge is 2.21. The lowest BCUT2D eigenvalue weighted by molar-refractivity contribution is 0.260. The molecule has 2 N–H and O–H groups in total. The molecule has 1 heterocycles. The molecule has 1 fully saturated rings. The van der Waals surface area contributed by atoms with Crippen LogP contribution in [0.3, 0.4) is 0 Å². The summed E-state index contributed by atoms with van der Waals surface area (Å²) in [5.74, 6) is 0.610. The molecule has 1 aromatic rings. The van der Waals surface area contributed by atoms with E-state index >= 15 is 0 Å². The summed E-state index contributed by atoms with van der Waals surface area (Å²) in [4.78, 5) is 4.61. The van der Waals surface area contributed by atoms with E-state index in [4.69, 9.17) is 10.5 Å². The summed E-state index contributed by atoms with van der Waals surface area (Å²) in [6.45, 7) is 4.09. The Balaban J connectivity index is 1.88. The second-order valence-electron chi connectivity index (χ2n) is 6.14. The fraction of sp³-hybridized carbons (Fsp3) is 0.625. The first-order chi connectivity index (χ1) is 9.99. The molecule has 1 aliphatic rings. The van der Waals surface area contributed by atoms with Crippen LogP contribution >= 0.6 is 0 Å². The van der Waals surface area contributed by atoms with Gasteiger partial charge in [0.2, 0.25) is 0 Å². The molecule has 2 unspecified atom stereocenters. The maximum Gasteiger partial charge on any atom is 0.165 e. The predicted molar refractivity (Wildman–Crippen MR) is 83.0 cm³/mol. The van der Waals surface area contributed by atoms with Crippen molar-refractivity contribution in [3.63, 3.8) is 0 Å². The zero-order valence-corrected chi connectivity index (χ0v) is 13.2. The minimum atomic E-state index is -0.356. The molecule has 0 aromatic heterocycles. The number of methoxy groups -OCH3 is 1. The number of benzene rings is 1. The van der Waals surface area contributed by atoms with Gasteiger partial charge < -0.3 is 20.3 Å². The summed E-state index contributed by atoms with van der Waals surface area (Å²) in [6, 6.07) is 4.76. The highest BCUT2D eigenvalue weighted by atomic mass is 19.1. The Morgan fingerprint density at radius 1 is 1.52 bits per heavy atom. The average molecular weight is 295 g/mol. The number of likely N-dealkylation sites (tertiary alicyclic amines) is 1. The van der Waals surface area contributed by atoms with Crippen LogP contribution < -0.4 is 10.5 Å². The van der Waals surface area contributed by atoms with Crippen LogP contribution in [0.1, 0.15) is 18.0 Å². The quantitative estimate of drug-likeness (QED) is 0.867. The second kappa shape index (κ2) is 7.20. The molecule has 1 aliphatic heterocycles. The van der Waals surface area contributed by atoms with Gasteiger partial charge >= 0.3 is 0 Å². The molecule has 2 atom stereocenters. The van der Waals surface area contributed by atoms with Gasteiger partial charge in [0.25, 0.3) is 0 Å². The lowest BCUT2D eigenvalue weighted by Gasteiger charge is -2.24. The maximum absolute atomic E-state index is 13.7. The molecule has 5 heteroatoms. The number of rotatable bonds is 6. The van der Waals surface area contributed by atoms with Crippen molar-refractivity contribution in [1.82, 2.24) is 9.80 Å². The SMILES string of the molecule is COc1ccc(C(N)CN(C)CC2CCN(C)C2)cc1F. The number of hydrogen-bond donors (Lipinski definition) is 1. The molecule has 21 heavy (non-hydrogen) atoms. The van der Waals surface area contributed by atoms with E-state index in [0.29, 0.717) is 5.92 Å². The Morgan fingerprint density at radius 2 is 2.29 bits per heavy atom. The molecular formula is C16H26FN3O. The Labute approximate surface area is 126 Å². The van der Waals surface area contributed by atoms with E-state index in [1.54, 1.807) is 6.07 Å². The number of nitrogens with zero attached hydrogens (tertiary/aromatic N) is 2. The Bertz CT molecular complexity index is 469. The van der Waals surface area contributed by atoms with Gasteiger partial charge in [-0.1, -0.05) is 6.07 Å². The van der Waals surface area contributed by atoms with E-state index in [2.05, 4.69) is 23.9 Å². The Kier molecular flexibility index (Phi) is 5.56. The zero-order valence-electron chi connectivity index (χ0n) is 13.2. The van der Waals surface area contributed by atoms with Gasteiger partial charge in [-0.05, 0) is 50.7 Å². The topological polar surface area (TPSA) is 41.7 Å². The van der Waals surface area contributed by atoms with Crippen LogP contribution in [0.15, 0.2) is 18.2 Å². The van der Waals surface area contributed by atoms with Gasteiger partial charge in [0.1, 0.15) is 0 Å². The first-order valence-corrected chi connectivity index (χ1v) is 7.45. The Morgan fingerprint density at radius 3 is 2.86 bits per heavy atom. The predicted octanol–water partition coefficient (Wildman–Crippen LogP) is 1.72. The minimum Gasteiger partial charge on any atom is -0.494 e. The fourth-order valence-corrected chi connectivity index (χ4v) is 3.05. The zero-order chi connectivity index (χ0) is 15.4. The highest BCUT2D eigenvalue weighted by molar-refractivity contribution is 5.31. The lowest BCUT2D eigenvalue weighted by Crippen LogP contribution is -2.33. The van der Waals surface area contributed by atoms with Crippen molar-refractivity contribution >= 4 is 0 Å². The van der Waals surface area contributed by atoms with Crippen LogP contribution in [0.5, 0.6) is 5.75 Å². The van der Waals surface area contributed by atoms with Crippen LogP contribution in [0.4, 0.5) is 4.39 Å². The minimum absolute atomic E-state index is 0.186. The van der Waals surface area contributed by atoms with E-state index in [9.17, 15) is 4.39 Å². The van der Waals surface area contributed by atoms with Gasteiger partial charge in [0.05, 0.1) is 7.11 Å². The van der Waals surface area contributed by atoms with E-state index in [0.717, 1.165) is 25.2 Å². The molecule has 0 radical (unpaired) electrons. The first-order valence-electron chi connectivity index (χ1n) is 7.45. The summed E-state index contributed by atoms with van der Waals surface area (Å²) in [7, 11) is 5.70. The molecule has 118 valence electrons. The molecule has 0 amide bonds. The number of halogens is 1. The van der Waals surface area contributed by atoms with E-state index < -0.39 is 0 Å². The standard InChI is InChI=1S/C16H26FN3O/c1-19-7-6-12(9-19)10-20(2)11-15(18)13-4-5-16(21-3)14(17)8-13/h4-5,8,12,15H,6-7,9-11,18H2,1-3H3. The molecular weight excluding hydrogens is 269 g/mol. The van der Waals surface area contributed by atoms with Gasteiger partial charge in [-0.2, -0.15) is 0 Å². The maximum atomic E-state index is 13.7. The van der Waals surface area contributed by atoms with Crippen LogP contribution in [-0.4, -0.2) is 57.2 Å². The van der Waals surface area contributed by atoms with Crippen LogP contribution in [0, 0.1) is 11.7 Å². The van der Waals surface area contributed by atoms with Gasteiger partial charge in [0, 0.05) is 25.7 Å². The summed E-state index contributed by atoms with van der Waals surface area (Å²) < 4.78 is 18.6. The van der Waals surface area contributed by atoms with Crippen LogP contribution in [0.2, 0.25) is 0 Å². The number of nitrogens with two attached hydrogens (primary N) is 1. The van der Waals surface area contributed by atoms with Crippen LogP contribution in [-0.2, 0) is 0 Å². The third-order valence-electron chi connectivity index (χ3n) is 4.17. The largest absolute Gasteiger partial charge is 0.494 e. The third kappa shape index (κ3) is 4.40. The molecule has 0 spiro atoms. The fourth-order valence-electron chi connectivity index (χ4n) is 3.05. The van der Waals surface area contributed by atoms with Crippen molar-refractivity contribution in [1.29, 1.82) is 0 Å².